The summed E-state index contributed by atoms with van der Waals surface area (Å²) < 4.78 is 51.8. The molecule has 1 spiro atoms. The van der Waals surface area contributed by atoms with Gasteiger partial charge in [-0.15, -0.1) is 0 Å². The molecule has 0 amide bonds. The second-order valence-electron chi connectivity index (χ2n) is 8.08. The van der Waals surface area contributed by atoms with Gasteiger partial charge in [-0.2, -0.15) is 18.3 Å². The summed E-state index contributed by atoms with van der Waals surface area (Å²) in [6.07, 6.45) is -2.73. The fraction of sp³-hybridized carbons (Fsp3) is 0.824. The molecular weight excluding hydrogens is 351 g/mol. The monoisotopic (exact) mass is 377 g/mol. The predicted molar refractivity (Wildman–Crippen MR) is 91.8 cm³/mol. The van der Waals surface area contributed by atoms with Gasteiger partial charge in [-0.05, 0) is 45.2 Å². The van der Waals surface area contributed by atoms with Crippen molar-refractivity contribution in [3.63, 3.8) is 0 Å². The molecule has 0 aliphatic carbocycles. The third-order valence-electron chi connectivity index (χ3n) is 5.17. The highest BCUT2D eigenvalue weighted by Gasteiger charge is 2.52. The molecule has 1 atom stereocenters. The molecule has 3 heterocycles. The number of rotatable bonds is 5. The second kappa shape index (κ2) is 6.78. The van der Waals surface area contributed by atoms with E-state index in [9.17, 15) is 17.7 Å². The lowest BCUT2D eigenvalue weighted by molar-refractivity contribution is -0.141. The van der Waals surface area contributed by atoms with Crippen molar-refractivity contribution in [2.45, 2.75) is 45.8 Å². The van der Waals surface area contributed by atoms with Crippen molar-refractivity contribution in [2.75, 3.05) is 31.1 Å². The molecule has 0 saturated carbocycles. The first-order valence-electron chi connectivity index (χ1n) is 8.81. The Kier molecular flexibility index (Phi) is 5.16. The van der Waals surface area contributed by atoms with Crippen LogP contribution in [0.15, 0.2) is 6.07 Å². The molecule has 2 aliphatic rings. The van der Waals surface area contributed by atoms with E-state index in [2.05, 4.69) is 16.9 Å². The lowest BCUT2D eigenvalue weighted by Crippen LogP contribution is -2.50. The zero-order valence-corrected chi connectivity index (χ0v) is 15.8. The highest BCUT2D eigenvalue weighted by atomic mass is 32.2. The maximum absolute atomic E-state index is 13.0. The minimum absolute atomic E-state index is 0.0988. The summed E-state index contributed by atoms with van der Waals surface area (Å²) in [5, 5.41) is 3.76. The lowest BCUT2D eigenvalue weighted by atomic mass is 9.91. The minimum Gasteiger partial charge on any atom is -0.616 e. The summed E-state index contributed by atoms with van der Waals surface area (Å²) in [5.74, 6) is 1.87. The smallest absolute Gasteiger partial charge is 0.435 e. The van der Waals surface area contributed by atoms with E-state index in [0.717, 1.165) is 37.6 Å². The van der Waals surface area contributed by atoms with E-state index in [1.54, 1.807) is 0 Å². The van der Waals surface area contributed by atoms with Crippen LogP contribution < -0.4 is 0 Å². The molecule has 2 saturated heterocycles. The van der Waals surface area contributed by atoms with E-state index in [-0.39, 0.29) is 17.4 Å². The van der Waals surface area contributed by atoms with Gasteiger partial charge in [-0.1, -0.05) is 18.1 Å². The molecule has 4 nitrogen and oxygen atoms in total. The average molecular weight is 377 g/mol. The van der Waals surface area contributed by atoms with Crippen LogP contribution in [0.2, 0.25) is 0 Å². The number of alkyl halides is 3. The van der Waals surface area contributed by atoms with E-state index >= 15 is 0 Å². The van der Waals surface area contributed by atoms with Crippen molar-refractivity contribution in [1.82, 2.24) is 14.7 Å². The molecule has 8 heteroatoms. The van der Waals surface area contributed by atoms with E-state index in [4.69, 9.17) is 0 Å². The number of hydrogen-bond acceptors (Lipinski definition) is 3. The molecule has 3 rings (SSSR count). The first kappa shape index (κ1) is 19.0. The highest BCUT2D eigenvalue weighted by molar-refractivity contribution is 7.92. The number of halogens is 3. The van der Waals surface area contributed by atoms with Crippen molar-refractivity contribution in [3.8, 4) is 0 Å². The Labute approximate surface area is 149 Å². The third kappa shape index (κ3) is 4.17. The van der Waals surface area contributed by atoms with E-state index in [0.29, 0.717) is 12.1 Å². The molecule has 2 fully saturated rings. The quantitative estimate of drug-likeness (QED) is 0.741. The summed E-state index contributed by atoms with van der Waals surface area (Å²) in [6.45, 7) is 8.61. The van der Waals surface area contributed by atoms with Gasteiger partial charge in [0.1, 0.15) is 11.5 Å². The van der Waals surface area contributed by atoms with Crippen LogP contribution in [-0.2, 0) is 23.8 Å². The van der Waals surface area contributed by atoms with Gasteiger partial charge in [0.25, 0.3) is 0 Å². The molecule has 0 aromatic carbocycles. The second-order valence-corrected chi connectivity index (χ2v) is 9.54. The average Bonchev–Trinajstić information content (AvgIpc) is 3.02. The Hall–Kier alpha value is -0.730. The highest BCUT2D eigenvalue weighted by Crippen LogP contribution is 2.41. The molecule has 0 bridgehead atoms. The van der Waals surface area contributed by atoms with Crippen molar-refractivity contribution < 1.29 is 17.7 Å². The molecule has 25 heavy (non-hydrogen) atoms. The summed E-state index contributed by atoms with van der Waals surface area (Å²) in [7, 11) is 0. The molecule has 0 unspecified atom stereocenters. The van der Waals surface area contributed by atoms with E-state index < -0.39 is 23.0 Å². The zero-order valence-electron chi connectivity index (χ0n) is 15.0. The number of nitrogens with zero attached hydrogens (tertiary/aromatic N) is 3. The largest absolute Gasteiger partial charge is 0.616 e. The Morgan fingerprint density at radius 2 is 2.00 bits per heavy atom. The molecule has 0 N–H and O–H groups in total. The number of aromatic nitrogens is 2. The first-order valence-corrected chi connectivity index (χ1v) is 10.3. The van der Waals surface area contributed by atoms with Crippen LogP contribution >= 0.6 is 0 Å². The van der Waals surface area contributed by atoms with Crippen molar-refractivity contribution >= 4 is 11.2 Å². The molecule has 1 aromatic rings. The minimum atomic E-state index is -4.40. The van der Waals surface area contributed by atoms with Crippen LogP contribution in [0.1, 0.15) is 44.6 Å². The molecule has 1 aromatic heterocycles. The third-order valence-corrected chi connectivity index (χ3v) is 7.04. The maximum atomic E-state index is 13.0. The molecule has 142 valence electrons. The maximum Gasteiger partial charge on any atom is 0.435 e. The summed E-state index contributed by atoms with van der Waals surface area (Å²) in [6, 6.07) is 1.09. The lowest BCUT2D eigenvalue weighted by Gasteiger charge is -2.39. The fourth-order valence-corrected chi connectivity index (χ4v) is 5.85. The van der Waals surface area contributed by atoms with Gasteiger partial charge < -0.3 is 9.45 Å². The van der Waals surface area contributed by atoms with Crippen molar-refractivity contribution in [2.24, 2.45) is 11.3 Å². The topological polar surface area (TPSA) is 44.1 Å². The van der Waals surface area contributed by atoms with Crippen LogP contribution in [0.4, 0.5) is 13.2 Å². The van der Waals surface area contributed by atoms with Crippen LogP contribution in [0.5, 0.6) is 0 Å². The van der Waals surface area contributed by atoms with E-state index in [1.807, 2.05) is 13.8 Å². The van der Waals surface area contributed by atoms with Crippen LogP contribution in [0, 0.1) is 11.3 Å². The van der Waals surface area contributed by atoms with E-state index in [1.165, 1.54) is 10.7 Å². The fourth-order valence-electron chi connectivity index (χ4n) is 4.09. The zero-order chi connectivity index (χ0) is 18.4. The van der Waals surface area contributed by atoms with Gasteiger partial charge >= 0.3 is 6.18 Å². The normalized spacial score (nSPS) is 28.7. The van der Waals surface area contributed by atoms with Gasteiger partial charge in [0.2, 0.25) is 0 Å². The van der Waals surface area contributed by atoms with Crippen molar-refractivity contribution in [3.05, 3.63) is 17.5 Å². The first-order chi connectivity index (χ1) is 11.6. The Morgan fingerprint density at radius 1 is 1.32 bits per heavy atom. The van der Waals surface area contributed by atoms with Crippen LogP contribution in [-0.4, -0.2) is 50.4 Å². The van der Waals surface area contributed by atoms with Gasteiger partial charge in [0, 0.05) is 24.8 Å². The van der Waals surface area contributed by atoms with Gasteiger partial charge in [0.15, 0.2) is 5.69 Å². The Morgan fingerprint density at radius 3 is 2.56 bits per heavy atom. The molecule has 0 radical (unpaired) electrons. The SMILES string of the molecule is CC(C)n1nc(C(F)(F)F)cc1C[C@H](C)CN1CCC2(C1)C[S+]([O-])C2. The summed E-state index contributed by atoms with van der Waals surface area (Å²) in [4.78, 5) is 2.38. The number of hydrogen-bond donors (Lipinski definition) is 0. The van der Waals surface area contributed by atoms with Gasteiger partial charge in [-0.3, -0.25) is 4.68 Å². The Balaban J connectivity index is 1.61. The molecular formula is C17H26F3N3OS. The summed E-state index contributed by atoms with van der Waals surface area (Å²) in [5.41, 5.74) is 0.0854. The Bertz CT molecular complexity index is 611. The van der Waals surface area contributed by atoms with Crippen molar-refractivity contribution in [1.29, 1.82) is 0 Å². The van der Waals surface area contributed by atoms with Crippen LogP contribution in [0.3, 0.4) is 0 Å². The summed E-state index contributed by atoms with van der Waals surface area (Å²) >= 11 is -0.639. The predicted octanol–water partition coefficient (Wildman–Crippen LogP) is 3.12. The number of likely N-dealkylation sites (tertiary alicyclic amines) is 1. The van der Waals surface area contributed by atoms with Crippen LogP contribution in [0.25, 0.3) is 0 Å². The molecule has 2 aliphatic heterocycles. The standard InChI is InChI=1S/C17H26F3N3OS/c1-12(2)23-14(7-15(21-23)17(18,19)20)6-13(3)8-22-5-4-16(9-22)10-25(24)11-16/h7,12-13H,4-6,8-11H2,1-3H3/t13-,16?,25?/m0/s1. The van der Waals surface area contributed by atoms with Gasteiger partial charge in [-0.25, -0.2) is 0 Å². The van der Waals surface area contributed by atoms with Gasteiger partial charge in [0.05, 0.1) is 5.41 Å².